The summed E-state index contributed by atoms with van der Waals surface area (Å²) in [7, 11) is 1.60. The van der Waals surface area contributed by atoms with Crippen molar-refractivity contribution in [2.24, 2.45) is 5.92 Å². The minimum Gasteiger partial charge on any atom is -0.493 e. The van der Waals surface area contributed by atoms with Crippen molar-refractivity contribution in [3.63, 3.8) is 0 Å². The Labute approximate surface area is 179 Å². The van der Waals surface area contributed by atoms with Gasteiger partial charge in [-0.25, -0.2) is 0 Å². The lowest BCUT2D eigenvalue weighted by Crippen LogP contribution is -2.35. The predicted octanol–water partition coefficient (Wildman–Crippen LogP) is 3.15. The molecule has 2 aliphatic rings. The van der Waals surface area contributed by atoms with Gasteiger partial charge in [0.2, 0.25) is 11.8 Å². The zero-order valence-corrected chi connectivity index (χ0v) is 18.5. The number of ether oxygens (including phenoxy) is 2. The third kappa shape index (κ3) is 5.45. The Hall–Kier alpha value is -2.28. The normalized spacial score (nSPS) is 19.5. The van der Waals surface area contributed by atoms with E-state index in [1.807, 2.05) is 4.90 Å². The molecule has 1 unspecified atom stereocenters. The summed E-state index contributed by atoms with van der Waals surface area (Å²) in [5.41, 5.74) is 0.658. The molecule has 1 N–H and O–H groups in total. The van der Waals surface area contributed by atoms with Crippen molar-refractivity contribution in [1.82, 2.24) is 9.80 Å². The number of benzene rings is 1. The number of hydrogen-bond donors (Lipinski definition) is 1. The Morgan fingerprint density at radius 1 is 1.20 bits per heavy atom. The zero-order valence-electron chi connectivity index (χ0n) is 18.5. The van der Waals surface area contributed by atoms with Crippen LogP contribution < -0.4 is 14.8 Å². The number of nitrogens with zero attached hydrogens (tertiary/aromatic N) is 2. The molecule has 1 atom stereocenters. The molecular weight excluding hydrogens is 382 g/mol. The maximum atomic E-state index is 12.8. The molecule has 1 saturated carbocycles. The van der Waals surface area contributed by atoms with Gasteiger partial charge in [-0.05, 0) is 38.1 Å². The highest BCUT2D eigenvalue weighted by Crippen LogP contribution is 2.32. The molecule has 7 heteroatoms. The van der Waals surface area contributed by atoms with E-state index in [0.717, 1.165) is 32.5 Å². The van der Waals surface area contributed by atoms with Gasteiger partial charge in [-0.3, -0.25) is 9.59 Å². The number of hydrogen-bond acceptors (Lipinski definition) is 5. The monoisotopic (exact) mass is 417 g/mol. The molecule has 1 aromatic rings. The molecule has 1 aromatic carbocycles. The fraction of sp³-hybridized carbons (Fsp3) is 0.652. The summed E-state index contributed by atoms with van der Waals surface area (Å²) in [5, 5.41) is 2.96. The van der Waals surface area contributed by atoms with Crippen LogP contribution in [0.1, 0.15) is 46.0 Å². The van der Waals surface area contributed by atoms with E-state index in [0.29, 0.717) is 42.8 Å². The lowest BCUT2D eigenvalue weighted by atomic mass is 10.1. The number of carbonyl (C=O) groups excluding carboxylic acids is 2. The molecular formula is C23H35N3O4. The second-order valence-corrected chi connectivity index (χ2v) is 8.12. The van der Waals surface area contributed by atoms with Crippen LogP contribution in [0.25, 0.3) is 0 Å². The Morgan fingerprint density at radius 3 is 2.60 bits per heavy atom. The second-order valence-electron chi connectivity index (χ2n) is 8.12. The van der Waals surface area contributed by atoms with Crippen molar-refractivity contribution in [3.8, 4) is 11.5 Å². The maximum Gasteiger partial charge on any atom is 0.229 e. The summed E-state index contributed by atoms with van der Waals surface area (Å²) < 4.78 is 11.3. The van der Waals surface area contributed by atoms with Crippen molar-refractivity contribution in [3.05, 3.63) is 18.2 Å². The van der Waals surface area contributed by atoms with Gasteiger partial charge in [-0.1, -0.05) is 26.7 Å². The highest BCUT2D eigenvalue weighted by molar-refractivity contribution is 5.97. The van der Waals surface area contributed by atoms with E-state index in [1.165, 1.54) is 12.8 Å². The summed E-state index contributed by atoms with van der Waals surface area (Å²) >= 11 is 0. The number of likely N-dealkylation sites (N-methyl/N-ethyl adjacent to an activating group) is 1. The van der Waals surface area contributed by atoms with E-state index in [9.17, 15) is 9.59 Å². The van der Waals surface area contributed by atoms with Crippen LogP contribution in [-0.4, -0.2) is 67.6 Å². The van der Waals surface area contributed by atoms with Crippen molar-refractivity contribution in [1.29, 1.82) is 0 Å². The molecule has 1 aliphatic carbocycles. The van der Waals surface area contributed by atoms with Gasteiger partial charge in [0, 0.05) is 37.3 Å². The number of methoxy groups -OCH3 is 1. The first-order chi connectivity index (χ1) is 14.5. The van der Waals surface area contributed by atoms with Crippen LogP contribution in [0.4, 0.5) is 5.69 Å². The SMILES string of the molecule is CCN(CC)CCOc1cc(NC(=O)C2CC(=O)N(C3CCCC3)C2)ccc1OC. The van der Waals surface area contributed by atoms with Gasteiger partial charge >= 0.3 is 0 Å². The molecule has 7 nitrogen and oxygen atoms in total. The van der Waals surface area contributed by atoms with E-state index >= 15 is 0 Å². The van der Waals surface area contributed by atoms with Crippen LogP contribution >= 0.6 is 0 Å². The van der Waals surface area contributed by atoms with Gasteiger partial charge in [-0.2, -0.15) is 0 Å². The third-order valence-corrected chi connectivity index (χ3v) is 6.29. The Bertz CT molecular complexity index is 729. The molecule has 3 rings (SSSR count). The zero-order chi connectivity index (χ0) is 21.5. The van der Waals surface area contributed by atoms with Crippen molar-refractivity contribution >= 4 is 17.5 Å². The number of likely N-dealkylation sites (tertiary alicyclic amines) is 1. The molecule has 2 amide bonds. The van der Waals surface area contributed by atoms with Gasteiger partial charge in [0.05, 0.1) is 13.0 Å². The fourth-order valence-corrected chi connectivity index (χ4v) is 4.41. The topological polar surface area (TPSA) is 71.1 Å². The standard InChI is InChI=1S/C23H35N3O4/c1-4-25(5-2)12-13-30-21-15-18(10-11-20(21)29-3)24-23(28)17-14-22(27)26(16-17)19-8-6-7-9-19/h10-11,15,17,19H,4-9,12-14,16H2,1-3H3,(H,24,28). The summed E-state index contributed by atoms with van der Waals surface area (Å²) in [6, 6.07) is 5.72. The molecule has 1 saturated heterocycles. The summed E-state index contributed by atoms with van der Waals surface area (Å²) in [6.07, 6.45) is 4.77. The number of nitrogens with one attached hydrogen (secondary N) is 1. The largest absolute Gasteiger partial charge is 0.493 e. The van der Waals surface area contributed by atoms with E-state index < -0.39 is 0 Å². The first kappa shape index (κ1) is 22.4. The summed E-state index contributed by atoms with van der Waals surface area (Å²) in [6.45, 7) is 8.11. The smallest absolute Gasteiger partial charge is 0.229 e. The molecule has 1 aliphatic heterocycles. The predicted molar refractivity (Wildman–Crippen MR) is 117 cm³/mol. The van der Waals surface area contributed by atoms with Crippen molar-refractivity contribution in [2.45, 2.75) is 52.0 Å². The number of anilines is 1. The minimum atomic E-state index is -0.299. The van der Waals surface area contributed by atoms with E-state index in [4.69, 9.17) is 9.47 Å². The van der Waals surface area contributed by atoms with Crippen LogP contribution in [0, 0.1) is 5.92 Å². The van der Waals surface area contributed by atoms with Crippen molar-refractivity contribution in [2.75, 3.05) is 45.2 Å². The highest BCUT2D eigenvalue weighted by Gasteiger charge is 2.38. The average molecular weight is 418 g/mol. The fourth-order valence-electron chi connectivity index (χ4n) is 4.41. The molecule has 0 aromatic heterocycles. The van der Waals surface area contributed by atoms with Crippen LogP contribution in [0.2, 0.25) is 0 Å². The van der Waals surface area contributed by atoms with Gasteiger partial charge in [0.1, 0.15) is 6.61 Å². The molecule has 166 valence electrons. The molecule has 0 bridgehead atoms. The van der Waals surface area contributed by atoms with Crippen LogP contribution in [0.5, 0.6) is 11.5 Å². The van der Waals surface area contributed by atoms with Gasteiger partial charge in [-0.15, -0.1) is 0 Å². The summed E-state index contributed by atoms with van der Waals surface area (Å²) in [5.74, 6) is 0.945. The maximum absolute atomic E-state index is 12.8. The molecule has 30 heavy (non-hydrogen) atoms. The lowest BCUT2D eigenvalue weighted by molar-refractivity contribution is -0.129. The molecule has 0 radical (unpaired) electrons. The molecule has 1 heterocycles. The number of amides is 2. The van der Waals surface area contributed by atoms with Gasteiger partial charge in [0.25, 0.3) is 0 Å². The number of carbonyl (C=O) groups is 2. The van der Waals surface area contributed by atoms with E-state index in [-0.39, 0.29) is 17.7 Å². The van der Waals surface area contributed by atoms with Gasteiger partial charge < -0.3 is 24.6 Å². The highest BCUT2D eigenvalue weighted by atomic mass is 16.5. The Kier molecular flexibility index (Phi) is 7.96. The third-order valence-electron chi connectivity index (χ3n) is 6.29. The van der Waals surface area contributed by atoms with Crippen LogP contribution in [0.15, 0.2) is 18.2 Å². The molecule has 2 fully saturated rings. The Morgan fingerprint density at radius 2 is 1.93 bits per heavy atom. The second kappa shape index (κ2) is 10.7. The first-order valence-electron chi connectivity index (χ1n) is 11.2. The first-order valence-corrected chi connectivity index (χ1v) is 11.2. The summed E-state index contributed by atoms with van der Waals surface area (Å²) in [4.78, 5) is 29.4. The Balaban J connectivity index is 1.59. The van der Waals surface area contributed by atoms with E-state index in [1.54, 1.807) is 25.3 Å². The van der Waals surface area contributed by atoms with Crippen molar-refractivity contribution < 1.29 is 19.1 Å². The van der Waals surface area contributed by atoms with E-state index in [2.05, 4.69) is 24.1 Å². The number of rotatable bonds is 10. The quantitative estimate of drug-likeness (QED) is 0.633. The lowest BCUT2D eigenvalue weighted by Gasteiger charge is -2.24. The van der Waals surface area contributed by atoms with Crippen LogP contribution in [-0.2, 0) is 9.59 Å². The van der Waals surface area contributed by atoms with Gasteiger partial charge in [0.15, 0.2) is 11.5 Å². The molecule has 0 spiro atoms. The minimum absolute atomic E-state index is 0.108. The average Bonchev–Trinajstić information content (AvgIpc) is 3.41. The van der Waals surface area contributed by atoms with Crippen LogP contribution in [0.3, 0.4) is 0 Å².